The molecule has 4 heteroatoms. The van der Waals surface area contributed by atoms with Gasteiger partial charge in [-0.2, -0.15) is 0 Å². The van der Waals surface area contributed by atoms with E-state index in [4.69, 9.17) is 4.98 Å². The number of benzene rings is 2. The summed E-state index contributed by atoms with van der Waals surface area (Å²) in [5, 5.41) is 0. The highest BCUT2D eigenvalue weighted by Gasteiger charge is 2.31. The van der Waals surface area contributed by atoms with Crippen LogP contribution in [0, 0.1) is 0 Å². The first-order chi connectivity index (χ1) is 12.2. The second-order valence-corrected chi connectivity index (χ2v) is 6.72. The quantitative estimate of drug-likeness (QED) is 0.725. The molecule has 0 N–H and O–H groups in total. The van der Waals surface area contributed by atoms with E-state index in [2.05, 4.69) is 47.0 Å². The number of carbonyl (C=O) groups excluding carboxylic acids is 1. The van der Waals surface area contributed by atoms with Crippen LogP contribution in [0.2, 0.25) is 0 Å². The average molecular weight is 333 g/mol. The van der Waals surface area contributed by atoms with Crippen molar-refractivity contribution in [1.82, 2.24) is 14.5 Å². The van der Waals surface area contributed by atoms with Crippen molar-refractivity contribution in [3.63, 3.8) is 0 Å². The third kappa shape index (κ3) is 3.04. The van der Waals surface area contributed by atoms with Gasteiger partial charge < -0.3 is 9.47 Å². The van der Waals surface area contributed by atoms with Crippen molar-refractivity contribution >= 4 is 16.9 Å². The van der Waals surface area contributed by atoms with Crippen LogP contribution in [0.25, 0.3) is 11.0 Å². The van der Waals surface area contributed by atoms with Gasteiger partial charge in [0.15, 0.2) is 0 Å². The molecule has 1 aliphatic rings. The van der Waals surface area contributed by atoms with E-state index in [1.807, 2.05) is 17.0 Å². The zero-order chi connectivity index (χ0) is 17.2. The first kappa shape index (κ1) is 15.9. The number of amides is 1. The number of carbonyl (C=O) groups is 1. The maximum atomic E-state index is 12.0. The zero-order valence-electron chi connectivity index (χ0n) is 14.6. The molecule has 25 heavy (non-hydrogen) atoms. The van der Waals surface area contributed by atoms with E-state index in [0.29, 0.717) is 0 Å². The Hall–Kier alpha value is -2.62. The first-order valence-electron chi connectivity index (χ1n) is 9.00. The minimum absolute atomic E-state index is 0.0978. The van der Waals surface area contributed by atoms with Crippen LogP contribution >= 0.6 is 0 Å². The third-order valence-electron chi connectivity index (χ3n) is 5.11. The summed E-state index contributed by atoms with van der Waals surface area (Å²) in [5.74, 6) is 1.17. The van der Waals surface area contributed by atoms with Crippen LogP contribution in [-0.2, 0) is 17.8 Å². The standard InChI is InChI=1S/C21H23N3O/c1-16(25)23-14-7-12-20(23)21-22-18-10-5-6-11-19(18)24(21)15-13-17-8-3-2-4-9-17/h2-6,8-11,20H,7,12-15H2,1H3/t20-/m1/s1. The Bertz CT molecular complexity index is 885. The Labute approximate surface area is 148 Å². The molecule has 3 aromatic rings. The van der Waals surface area contributed by atoms with Gasteiger partial charge in [-0.1, -0.05) is 42.5 Å². The van der Waals surface area contributed by atoms with Crippen LogP contribution in [0.1, 0.15) is 37.2 Å². The SMILES string of the molecule is CC(=O)N1CCC[C@@H]1c1nc2ccccc2n1CCc1ccccc1. The van der Waals surface area contributed by atoms with Crippen LogP contribution in [0.3, 0.4) is 0 Å². The molecule has 4 rings (SSSR count). The van der Waals surface area contributed by atoms with E-state index in [9.17, 15) is 4.79 Å². The predicted molar refractivity (Wildman–Crippen MR) is 99.2 cm³/mol. The number of likely N-dealkylation sites (tertiary alicyclic amines) is 1. The van der Waals surface area contributed by atoms with Gasteiger partial charge in [0.25, 0.3) is 0 Å². The highest BCUT2D eigenvalue weighted by molar-refractivity contribution is 5.77. The van der Waals surface area contributed by atoms with E-state index in [1.165, 1.54) is 5.56 Å². The molecule has 0 aliphatic carbocycles. The summed E-state index contributed by atoms with van der Waals surface area (Å²) in [6.45, 7) is 3.37. The fourth-order valence-electron chi connectivity index (χ4n) is 3.88. The number of nitrogens with zero attached hydrogens (tertiary/aromatic N) is 3. The van der Waals surface area contributed by atoms with Crippen LogP contribution in [0.15, 0.2) is 54.6 Å². The van der Waals surface area contributed by atoms with E-state index < -0.39 is 0 Å². The number of hydrogen-bond donors (Lipinski definition) is 0. The monoisotopic (exact) mass is 333 g/mol. The molecule has 0 saturated carbocycles. The predicted octanol–water partition coefficient (Wildman–Crippen LogP) is 3.96. The Morgan fingerprint density at radius 1 is 1.12 bits per heavy atom. The summed E-state index contributed by atoms with van der Waals surface area (Å²) in [6, 6.07) is 18.9. The van der Waals surface area contributed by atoms with Gasteiger partial charge >= 0.3 is 0 Å². The van der Waals surface area contributed by atoms with Crippen LogP contribution in [-0.4, -0.2) is 26.9 Å². The summed E-state index contributed by atoms with van der Waals surface area (Å²) in [4.78, 5) is 18.9. The van der Waals surface area contributed by atoms with Crippen molar-refractivity contribution in [3.05, 3.63) is 66.0 Å². The lowest BCUT2D eigenvalue weighted by Gasteiger charge is -2.24. The number of hydrogen-bond acceptors (Lipinski definition) is 2. The van der Waals surface area contributed by atoms with Gasteiger partial charge in [-0.3, -0.25) is 4.79 Å². The molecular formula is C21H23N3O. The fraction of sp³-hybridized carbons (Fsp3) is 0.333. The van der Waals surface area contributed by atoms with Gasteiger partial charge in [-0.05, 0) is 37.0 Å². The fourth-order valence-corrected chi connectivity index (χ4v) is 3.88. The zero-order valence-corrected chi connectivity index (χ0v) is 14.6. The Morgan fingerprint density at radius 2 is 1.88 bits per heavy atom. The van der Waals surface area contributed by atoms with Gasteiger partial charge in [-0.15, -0.1) is 0 Å². The molecule has 1 aliphatic heterocycles. The molecule has 128 valence electrons. The number of aryl methyl sites for hydroxylation is 2. The van der Waals surface area contributed by atoms with E-state index in [1.54, 1.807) is 6.92 Å². The molecule has 4 nitrogen and oxygen atoms in total. The second-order valence-electron chi connectivity index (χ2n) is 6.72. The smallest absolute Gasteiger partial charge is 0.220 e. The molecule has 0 spiro atoms. The van der Waals surface area contributed by atoms with Gasteiger partial charge in [0.1, 0.15) is 5.82 Å². The molecule has 1 aromatic heterocycles. The highest BCUT2D eigenvalue weighted by Crippen LogP contribution is 2.33. The van der Waals surface area contributed by atoms with E-state index in [0.717, 1.165) is 49.2 Å². The first-order valence-corrected chi connectivity index (χ1v) is 9.00. The molecule has 0 bridgehead atoms. The summed E-state index contributed by atoms with van der Waals surface area (Å²) >= 11 is 0. The normalized spacial score (nSPS) is 17.3. The lowest BCUT2D eigenvalue weighted by molar-refractivity contribution is -0.129. The molecular weight excluding hydrogens is 310 g/mol. The van der Waals surface area contributed by atoms with Gasteiger partial charge in [0, 0.05) is 20.0 Å². The third-order valence-corrected chi connectivity index (χ3v) is 5.11. The number of para-hydroxylation sites is 2. The van der Waals surface area contributed by atoms with Crippen molar-refractivity contribution in [2.75, 3.05) is 6.54 Å². The molecule has 1 fully saturated rings. The molecule has 0 unspecified atom stereocenters. The number of imidazole rings is 1. The lowest BCUT2D eigenvalue weighted by Crippen LogP contribution is -2.30. The lowest BCUT2D eigenvalue weighted by atomic mass is 10.1. The maximum Gasteiger partial charge on any atom is 0.220 e. The van der Waals surface area contributed by atoms with E-state index >= 15 is 0 Å². The van der Waals surface area contributed by atoms with Gasteiger partial charge in [0.05, 0.1) is 17.1 Å². The minimum atomic E-state index is 0.0978. The van der Waals surface area contributed by atoms with Crippen molar-refractivity contribution < 1.29 is 4.79 Å². The number of fused-ring (bicyclic) bond motifs is 1. The Balaban J connectivity index is 1.72. The van der Waals surface area contributed by atoms with Crippen molar-refractivity contribution in [3.8, 4) is 0 Å². The summed E-state index contributed by atoms with van der Waals surface area (Å²) in [5.41, 5.74) is 3.49. The summed E-state index contributed by atoms with van der Waals surface area (Å²) in [6.07, 6.45) is 3.00. The topological polar surface area (TPSA) is 38.1 Å². The molecule has 2 aromatic carbocycles. The van der Waals surface area contributed by atoms with Gasteiger partial charge in [-0.25, -0.2) is 4.98 Å². The molecule has 1 amide bonds. The second kappa shape index (κ2) is 6.71. The summed E-state index contributed by atoms with van der Waals surface area (Å²) in [7, 11) is 0. The van der Waals surface area contributed by atoms with Gasteiger partial charge in [0.2, 0.25) is 5.91 Å². The highest BCUT2D eigenvalue weighted by atomic mass is 16.2. The Kier molecular flexibility index (Phi) is 4.26. The van der Waals surface area contributed by atoms with Crippen LogP contribution < -0.4 is 0 Å². The molecule has 1 saturated heterocycles. The number of aromatic nitrogens is 2. The van der Waals surface area contributed by atoms with Crippen LogP contribution in [0.5, 0.6) is 0 Å². The number of rotatable bonds is 4. The Morgan fingerprint density at radius 3 is 2.68 bits per heavy atom. The average Bonchev–Trinajstić information content (AvgIpc) is 3.25. The van der Waals surface area contributed by atoms with Crippen LogP contribution in [0.4, 0.5) is 0 Å². The molecule has 2 heterocycles. The van der Waals surface area contributed by atoms with Crippen molar-refractivity contribution in [2.24, 2.45) is 0 Å². The largest absolute Gasteiger partial charge is 0.333 e. The van der Waals surface area contributed by atoms with Crippen molar-refractivity contribution in [1.29, 1.82) is 0 Å². The molecule has 0 radical (unpaired) electrons. The maximum absolute atomic E-state index is 12.0. The van der Waals surface area contributed by atoms with E-state index in [-0.39, 0.29) is 11.9 Å². The minimum Gasteiger partial charge on any atom is -0.333 e. The summed E-state index contributed by atoms with van der Waals surface area (Å²) < 4.78 is 2.31. The van der Waals surface area contributed by atoms with Crippen molar-refractivity contribution in [2.45, 2.75) is 38.8 Å². The molecule has 1 atom stereocenters.